The summed E-state index contributed by atoms with van der Waals surface area (Å²) in [5, 5.41) is 9.16. The number of carboxylic acids is 1. The van der Waals surface area contributed by atoms with Crippen molar-refractivity contribution in [1.82, 2.24) is 19.9 Å². The van der Waals surface area contributed by atoms with E-state index in [0.717, 1.165) is 31.3 Å². The van der Waals surface area contributed by atoms with Crippen LogP contribution in [0.15, 0.2) is 30.3 Å². The zero-order chi connectivity index (χ0) is 27.0. The summed E-state index contributed by atoms with van der Waals surface area (Å²) in [6, 6.07) is 6.02. The molecule has 2 aromatic heterocycles. The molecule has 2 N–H and O–H groups in total. The van der Waals surface area contributed by atoms with Gasteiger partial charge in [-0.05, 0) is 80.3 Å². The lowest BCUT2D eigenvalue weighted by atomic mass is 9.86. The van der Waals surface area contributed by atoms with Gasteiger partial charge in [0, 0.05) is 20.0 Å². The zero-order valence-corrected chi connectivity index (χ0v) is 21.3. The molecule has 200 valence electrons. The summed E-state index contributed by atoms with van der Waals surface area (Å²) in [5.41, 5.74) is 1.88. The first-order valence-electron chi connectivity index (χ1n) is 12.9. The second-order valence-electron chi connectivity index (χ2n) is 10.3. The van der Waals surface area contributed by atoms with Gasteiger partial charge in [-0.25, -0.2) is 13.8 Å². The number of allylic oxidation sites excluding steroid dienone is 2. The number of nitrogens with zero attached hydrogens (tertiary/aromatic N) is 3. The molecule has 8 nitrogen and oxygen atoms in total. The minimum atomic E-state index is -0.856. The molecule has 2 aliphatic rings. The van der Waals surface area contributed by atoms with Crippen molar-refractivity contribution in [2.24, 2.45) is 11.8 Å². The lowest BCUT2D eigenvalue weighted by molar-refractivity contribution is -0.142. The number of carboxylic acid groups (broad SMARTS) is 1. The minimum absolute atomic E-state index is 0.0111. The van der Waals surface area contributed by atoms with Crippen LogP contribution >= 0.6 is 0 Å². The molecule has 1 saturated carbocycles. The van der Waals surface area contributed by atoms with Crippen LogP contribution < -0.4 is 4.74 Å². The molecule has 2 aliphatic carbocycles. The van der Waals surface area contributed by atoms with Gasteiger partial charge in [0.25, 0.3) is 6.01 Å². The molecule has 1 aromatic carbocycles. The highest BCUT2D eigenvalue weighted by molar-refractivity contribution is 5.79. The lowest BCUT2D eigenvalue weighted by Gasteiger charge is -2.28. The van der Waals surface area contributed by atoms with Crippen molar-refractivity contribution in [2.45, 2.75) is 51.0 Å². The molecule has 0 saturated heterocycles. The van der Waals surface area contributed by atoms with Gasteiger partial charge in [0.15, 0.2) is 5.65 Å². The number of hydrogen-bond acceptors (Lipinski definition) is 5. The van der Waals surface area contributed by atoms with Crippen LogP contribution in [0.3, 0.4) is 0 Å². The predicted molar refractivity (Wildman–Crippen MR) is 137 cm³/mol. The van der Waals surface area contributed by atoms with Crippen LogP contribution in [0.2, 0.25) is 0 Å². The van der Waals surface area contributed by atoms with Gasteiger partial charge in [-0.15, -0.1) is 0 Å². The van der Waals surface area contributed by atoms with Gasteiger partial charge >= 0.3 is 5.97 Å². The summed E-state index contributed by atoms with van der Waals surface area (Å²) in [6.45, 7) is 0. The van der Waals surface area contributed by atoms with Crippen molar-refractivity contribution in [3.63, 3.8) is 0 Å². The third-order valence-corrected chi connectivity index (χ3v) is 7.50. The summed E-state index contributed by atoms with van der Waals surface area (Å²) < 4.78 is 36.3. The molecule has 1 fully saturated rings. The second-order valence-corrected chi connectivity index (χ2v) is 10.3. The number of amides is 1. The summed E-state index contributed by atoms with van der Waals surface area (Å²) in [7, 11) is 3.53. The number of aliphatic carboxylic acids is 1. The molecule has 38 heavy (non-hydrogen) atoms. The van der Waals surface area contributed by atoms with E-state index < -0.39 is 23.5 Å². The van der Waals surface area contributed by atoms with Gasteiger partial charge in [-0.2, -0.15) is 4.98 Å². The van der Waals surface area contributed by atoms with Gasteiger partial charge < -0.3 is 19.7 Å². The smallest absolute Gasteiger partial charge is 0.306 e. The number of rotatable bonds is 6. The third kappa shape index (κ3) is 5.25. The highest BCUT2D eigenvalue weighted by Gasteiger charge is 2.29. The van der Waals surface area contributed by atoms with E-state index >= 15 is 8.78 Å². The molecule has 3 aromatic rings. The lowest BCUT2D eigenvalue weighted by Crippen LogP contribution is -2.34. The van der Waals surface area contributed by atoms with E-state index in [2.05, 4.69) is 15.0 Å². The molecular formula is C28H30F2N4O4. The summed E-state index contributed by atoms with van der Waals surface area (Å²) >= 11 is 0. The quantitative estimate of drug-likeness (QED) is 0.459. The summed E-state index contributed by atoms with van der Waals surface area (Å²) in [6.07, 6.45) is 5.85. The Balaban J connectivity index is 1.31. The molecule has 0 spiro atoms. The highest BCUT2D eigenvalue weighted by atomic mass is 19.1. The number of hydrogen-bond donors (Lipinski definition) is 2. The van der Waals surface area contributed by atoms with Crippen LogP contribution in [0.4, 0.5) is 8.78 Å². The third-order valence-electron chi connectivity index (χ3n) is 7.50. The first-order valence-corrected chi connectivity index (χ1v) is 12.9. The van der Waals surface area contributed by atoms with E-state index in [-0.39, 0.29) is 40.8 Å². The van der Waals surface area contributed by atoms with Gasteiger partial charge in [0.05, 0.1) is 22.7 Å². The van der Waals surface area contributed by atoms with E-state index in [1.54, 1.807) is 31.1 Å². The summed E-state index contributed by atoms with van der Waals surface area (Å²) in [4.78, 5) is 36.8. The fourth-order valence-electron chi connectivity index (χ4n) is 5.34. The Morgan fingerprint density at radius 3 is 2.34 bits per heavy atom. The number of carbonyl (C=O) groups is 2. The maximum Gasteiger partial charge on any atom is 0.306 e. The van der Waals surface area contributed by atoms with Crippen LogP contribution in [0.1, 0.15) is 50.5 Å². The number of fused-ring (bicyclic) bond motifs is 1. The molecule has 0 radical (unpaired) electrons. The average Bonchev–Trinajstić information content (AvgIpc) is 3.30. The molecule has 2 heterocycles. The van der Waals surface area contributed by atoms with E-state index in [1.165, 1.54) is 18.2 Å². The van der Waals surface area contributed by atoms with Crippen molar-refractivity contribution in [2.75, 3.05) is 14.1 Å². The van der Waals surface area contributed by atoms with Crippen LogP contribution in [0.5, 0.6) is 6.01 Å². The Morgan fingerprint density at radius 1 is 1.03 bits per heavy atom. The Bertz CT molecular complexity index is 1390. The number of pyridine rings is 1. The Morgan fingerprint density at radius 2 is 1.74 bits per heavy atom. The Kier molecular flexibility index (Phi) is 7.14. The van der Waals surface area contributed by atoms with Crippen LogP contribution in [-0.2, 0) is 9.59 Å². The van der Waals surface area contributed by atoms with E-state index in [0.29, 0.717) is 30.3 Å². The maximum atomic E-state index is 15.1. The van der Waals surface area contributed by atoms with Crippen LogP contribution in [0, 0.1) is 23.5 Å². The zero-order valence-electron chi connectivity index (χ0n) is 21.3. The molecule has 0 bridgehead atoms. The Hall–Kier alpha value is -3.82. The maximum absolute atomic E-state index is 15.1. The minimum Gasteiger partial charge on any atom is -0.481 e. The molecular weight excluding hydrogens is 494 g/mol. The SMILES string of the molecule is CN(C)C(=O)C1CCC(Oc2nc3nc(-c4c(F)cc(C5=CCC(C(=O)O)CC5)cc4F)ccc3[nH]2)CC1. The van der Waals surface area contributed by atoms with Gasteiger partial charge in [-0.3, -0.25) is 9.59 Å². The van der Waals surface area contributed by atoms with Crippen LogP contribution in [0.25, 0.3) is 28.0 Å². The molecule has 1 atom stereocenters. The van der Waals surface area contributed by atoms with Crippen molar-refractivity contribution >= 4 is 28.6 Å². The fraction of sp³-hybridized carbons (Fsp3) is 0.429. The first kappa shape index (κ1) is 25.8. The molecule has 1 amide bonds. The molecule has 10 heteroatoms. The Labute approximate surface area is 218 Å². The first-order chi connectivity index (χ1) is 18.2. The van der Waals surface area contributed by atoms with Gasteiger partial charge in [0.1, 0.15) is 17.7 Å². The largest absolute Gasteiger partial charge is 0.481 e. The topological polar surface area (TPSA) is 108 Å². The number of imidazole rings is 1. The van der Waals surface area contributed by atoms with E-state index in [4.69, 9.17) is 9.84 Å². The van der Waals surface area contributed by atoms with Crippen LogP contribution in [-0.4, -0.2) is 57.0 Å². The number of aromatic amines is 1. The van der Waals surface area contributed by atoms with Crippen molar-refractivity contribution in [3.8, 4) is 17.3 Å². The molecule has 1 unspecified atom stereocenters. The van der Waals surface area contributed by atoms with Gasteiger partial charge in [0.2, 0.25) is 5.91 Å². The number of carbonyl (C=O) groups excluding carboxylic acids is 1. The van der Waals surface area contributed by atoms with Crippen molar-refractivity contribution in [3.05, 3.63) is 47.5 Å². The predicted octanol–water partition coefficient (Wildman–Crippen LogP) is 5.20. The number of H-pyrrole nitrogens is 1. The molecule has 0 aliphatic heterocycles. The van der Waals surface area contributed by atoms with E-state index in [1.807, 2.05) is 0 Å². The molecule has 5 rings (SSSR count). The average molecular weight is 525 g/mol. The normalized spacial score (nSPS) is 21.7. The number of aromatic nitrogens is 3. The van der Waals surface area contributed by atoms with Gasteiger partial charge in [-0.1, -0.05) is 6.08 Å². The van der Waals surface area contributed by atoms with Crippen molar-refractivity contribution < 1.29 is 28.2 Å². The number of halogens is 2. The number of nitrogens with one attached hydrogen (secondary N) is 1. The monoisotopic (exact) mass is 524 g/mol. The second kappa shape index (κ2) is 10.5. The number of ether oxygens (including phenoxy) is 1. The standard InChI is InChI=1S/C28H30F2N4O4/c1-34(2)26(35)16-7-9-19(10-8-16)38-28-32-23-12-11-22(31-25(23)33-28)24-20(29)13-18(14-21(24)30)15-3-5-17(6-4-15)27(36)37/h3,11-14,16-17,19H,4-10H2,1-2H3,(H,36,37)(H,31,32,33). The van der Waals surface area contributed by atoms with Crippen molar-refractivity contribution in [1.29, 1.82) is 0 Å². The summed E-state index contributed by atoms with van der Waals surface area (Å²) in [5.74, 6) is -2.66. The highest BCUT2D eigenvalue weighted by Crippen LogP contribution is 2.35. The number of benzene rings is 1. The fourth-order valence-corrected chi connectivity index (χ4v) is 5.34. The van der Waals surface area contributed by atoms with E-state index in [9.17, 15) is 9.59 Å².